The van der Waals surface area contributed by atoms with Gasteiger partial charge in [-0.3, -0.25) is 13.9 Å². The Balaban J connectivity index is 1.70. The molecule has 2 heterocycles. The Morgan fingerprint density at radius 3 is 2.55 bits per heavy atom. The zero-order valence-electron chi connectivity index (χ0n) is 13.8. The van der Waals surface area contributed by atoms with Gasteiger partial charge in [-0.2, -0.15) is 0 Å². The van der Waals surface area contributed by atoms with E-state index in [1.807, 2.05) is 6.92 Å². The van der Waals surface area contributed by atoms with Crippen LogP contribution in [0.25, 0.3) is 0 Å². The van der Waals surface area contributed by atoms with E-state index in [9.17, 15) is 9.59 Å². The minimum absolute atomic E-state index is 0.206. The molecule has 0 amide bonds. The van der Waals surface area contributed by atoms with E-state index >= 15 is 0 Å². The predicted molar refractivity (Wildman–Crippen MR) is 85.5 cm³/mol. The molecular formula is C16H28N3O3+. The number of nitrogens with one attached hydrogen (secondary N) is 1. The molecule has 1 saturated heterocycles. The van der Waals surface area contributed by atoms with Crippen molar-refractivity contribution >= 4 is 0 Å². The standard InChI is InChI=1S/C16H27N3O3/c1-14-13-15(20)17(2)16(21)19(14)8-6-4-3-5-7-18-9-11-22-12-10-18/h13H,3-12H2,1-2H3/p+1. The molecule has 22 heavy (non-hydrogen) atoms. The third-order valence-electron chi connectivity index (χ3n) is 4.47. The monoisotopic (exact) mass is 310 g/mol. The zero-order chi connectivity index (χ0) is 15.9. The average Bonchev–Trinajstić information content (AvgIpc) is 2.52. The van der Waals surface area contributed by atoms with Gasteiger partial charge in [-0.05, 0) is 26.2 Å². The molecule has 0 aliphatic carbocycles. The molecule has 0 spiro atoms. The predicted octanol–water partition coefficient (Wildman–Crippen LogP) is -0.669. The van der Waals surface area contributed by atoms with E-state index in [0.29, 0.717) is 6.54 Å². The highest BCUT2D eigenvalue weighted by molar-refractivity contribution is 4.99. The lowest BCUT2D eigenvalue weighted by atomic mass is 10.2. The highest BCUT2D eigenvalue weighted by Crippen LogP contribution is 2.01. The van der Waals surface area contributed by atoms with Gasteiger partial charge < -0.3 is 9.64 Å². The Morgan fingerprint density at radius 2 is 1.82 bits per heavy atom. The summed E-state index contributed by atoms with van der Waals surface area (Å²) in [6, 6.07) is 1.53. The second-order valence-corrected chi connectivity index (χ2v) is 6.14. The van der Waals surface area contributed by atoms with Crippen LogP contribution in [0.3, 0.4) is 0 Å². The quantitative estimate of drug-likeness (QED) is 0.680. The van der Waals surface area contributed by atoms with Crippen molar-refractivity contribution in [3.05, 3.63) is 32.6 Å². The molecular weight excluding hydrogens is 282 g/mol. The number of aryl methyl sites for hydroxylation is 1. The van der Waals surface area contributed by atoms with Crippen molar-refractivity contribution in [2.24, 2.45) is 7.05 Å². The molecule has 1 aromatic heterocycles. The molecule has 1 aliphatic rings. The minimum Gasteiger partial charge on any atom is -0.370 e. The average molecular weight is 310 g/mol. The number of rotatable bonds is 7. The van der Waals surface area contributed by atoms with Gasteiger partial charge >= 0.3 is 5.69 Å². The van der Waals surface area contributed by atoms with E-state index in [-0.39, 0.29) is 11.2 Å². The van der Waals surface area contributed by atoms with Crippen molar-refractivity contribution in [2.75, 3.05) is 32.8 Å². The van der Waals surface area contributed by atoms with Crippen LogP contribution in [0.15, 0.2) is 15.7 Å². The van der Waals surface area contributed by atoms with Crippen LogP contribution in [-0.4, -0.2) is 42.0 Å². The van der Waals surface area contributed by atoms with Crippen LogP contribution in [0.4, 0.5) is 0 Å². The first kappa shape index (κ1) is 17.0. The number of nitrogens with zero attached hydrogens (tertiary/aromatic N) is 2. The maximum absolute atomic E-state index is 12.0. The lowest BCUT2D eigenvalue weighted by Crippen LogP contribution is -3.14. The largest absolute Gasteiger partial charge is 0.370 e. The summed E-state index contributed by atoms with van der Waals surface area (Å²) >= 11 is 0. The fourth-order valence-corrected chi connectivity index (χ4v) is 2.96. The number of quaternary nitrogens is 1. The van der Waals surface area contributed by atoms with Gasteiger partial charge in [-0.25, -0.2) is 4.79 Å². The van der Waals surface area contributed by atoms with Gasteiger partial charge in [0.05, 0.1) is 19.8 Å². The fraction of sp³-hybridized carbons (Fsp3) is 0.750. The Bertz CT molecular complexity index is 585. The van der Waals surface area contributed by atoms with E-state index in [2.05, 4.69) is 0 Å². The Morgan fingerprint density at radius 1 is 1.14 bits per heavy atom. The summed E-state index contributed by atoms with van der Waals surface area (Å²) in [5.74, 6) is 0. The van der Waals surface area contributed by atoms with Crippen LogP contribution in [0.5, 0.6) is 0 Å². The molecule has 6 heteroatoms. The van der Waals surface area contributed by atoms with E-state index in [1.165, 1.54) is 37.1 Å². The number of unbranched alkanes of at least 4 members (excludes halogenated alkanes) is 3. The normalized spacial score (nSPS) is 16.1. The van der Waals surface area contributed by atoms with Gasteiger partial charge in [0, 0.05) is 25.4 Å². The van der Waals surface area contributed by atoms with Gasteiger partial charge in [0.2, 0.25) is 0 Å². The molecule has 6 nitrogen and oxygen atoms in total. The Hall–Kier alpha value is -1.40. The summed E-state index contributed by atoms with van der Waals surface area (Å²) in [5.41, 5.74) is 0.320. The third kappa shape index (κ3) is 4.55. The highest BCUT2D eigenvalue weighted by atomic mass is 16.5. The van der Waals surface area contributed by atoms with Crippen LogP contribution in [0, 0.1) is 6.92 Å². The fourth-order valence-electron chi connectivity index (χ4n) is 2.96. The number of hydrogen-bond acceptors (Lipinski definition) is 3. The molecule has 0 aromatic carbocycles. The Labute approximate surface area is 131 Å². The first-order valence-electron chi connectivity index (χ1n) is 8.28. The molecule has 0 atom stereocenters. The summed E-state index contributed by atoms with van der Waals surface area (Å²) in [6.45, 7) is 7.80. The molecule has 1 aromatic rings. The number of hydrogen-bond donors (Lipinski definition) is 1. The first-order valence-corrected chi connectivity index (χ1v) is 8.28. The smallest absolute Gasteiger partial charge is 0.330 e. The molecule has 0 unspecified atom stereocenters. The van der Waals surface area contributed by atoms with Crippen molar-refractivity contribution in [2.45, 2.75) is 39.2 Å². The maximum Gasteiger partial charge on any atom is 0.330 e. The second kappa shape index (κ2) is 8.29. The van der Waals surface area contributed by atoms with Crippen LogP contribution in [0.1, 0.15) is 31.4 Å². The van der Waals surface area contributed by atoms with Gasteiger partial charge in [-0.1, -0.05) is 6.42 Å². The Kier molecular flexibility index (Phi) is 6.39. The van der Waals surface area contributed by atoms with Gasteiger partial charge in [0.25, 0.3) is 5.56 Å². The topological polar surface area (TPSA) is 57.7 Å². The minimum atomic E-state index is -0.229. The lowest BCUT2D eigenvalue weighted by Gasteiger charge is -2.23. The third-order valence-corrected chi connectivity index (χ3v) is 4.47. The van der Waals surface area contributed by atoms with Crippen molar-refractivity contribution in [3.8, 4) is 0 Å². The SMILES string of the molecule is Cc1cc(=O)n(C)c(=O)n1CCCCCC[NH+]1CCOCC1. The second-order valence-electron chi connectivity index (χ2n) is 6.14. The van der Waals surface area contributed by atoms with Gasteiger partial charge in [0.15, 0.2) is 0 Å². The van der Waals surface area contributed by atoms with E-state index in [1.54, 1.807) is 9.47 Å². The highest BCUT2D eigenvalue weighted by Gasteiger charge is 2.12. The molecule has 2 rings (SSSR count). The van der Waals surface area contributed by atoms with Crippen LogP contribution < -0.4 is 16.1 Å². The summed E-state index contributed by atoms with van der Waals surface area (Å²) in [4.78, 5) is 25.2. The summed E-state index contributed by atoms with van der Waals surface area (Å²) in [6.07, 6.45) is 4.54. The molecule has 0 radical (unpaired) electrons. The van der Waals surface area contributed by atoms with E-state index < -0.39 is 0 Å². The molecule has 0 saturated carbocycles. The molecule has 124 valence electrons. The van der Waals surface area contributed by atoms with Crippen molar-refractivity contribution < 1.29 is 9.64 Å². The van der Waals surface area contributed by atoms with Crippen LogP contribution in [-0.2, 0) is 18.3 Å². The summed E-state index contributed by atoms with van der Waals surface area (Å²) in [5, 5.41) is 0. The number of ether oxygens (including phenoxy) is 1. The van der Waals surface area contributed by atoms with Gasteiger partial charge in [-0.15, -0.1) is 0 Å². The van der Waals surface area contributed by atoms with Crippen LogP contribution >= 0.6 is 0 Å². The molecule has 1 N–H and O–H groups in total. The summed E-state index contributed by atoms with van der Waals surface area (Å²) < 4.78 is 8.23. The maximum atomic E-state index is 12.0. The zero-order valence-corrected chi connectivity index (χ0v) is 13.8. The van der Waals surface area contributed by atoms with Gasteiger partial charge in [0.1, 0.15) is 13.1 Å². The number of morpholine rings is 1. The van der Waals surface area contributed by atoms with Crippen LogP contribution in [0.2, 0.25) is 0 Å². The lowest BCUT2D eigenvalue weighted by molar-refractivity contribution is -0.908. The molecule has 1 fully saturated rings. The van der Waals surface area contributed by atoms with Crippen molar-refractivity contribution in [1.82, 2.24) is 9.13 Å². The number of aromatic nitrogens is 2. The first-order chi connectivity index (χ1) is 10.6. The van der Waals surface area contributed by atoms with Crippen molar-refractivity contribution in [3.63, 3.8) is 0 Å². The molecule has 0 bridgehead atoms. The van der Waals surface area contributed by atoms with Crippen molar-refractivity contribution in [1.29, 1.82) is 0 Å². The van der Waals surface area contributed by atoms with E-state index in [4.69, 9.17) is 4.74 Å². The van der Waals surface area contributed by atoms with E-state index in [0.717, 1.165) is 44.8 Å². The molecule has 1 aliphatic heterocycles. The summed E-state index contributed by atoms with van der Waals surface area (Å²) in [7, 11) is 1.53.